The van der Waals surface area contributed by atoms with Crippen LogP contribution in [0, 0.1) is 5.41 Å². The highest BCUT2D eigenvalue weighted by Crippen LogP contribution is 2.19. The van der Waals surface area contributed by atoms with Crippen molar-refractivity contribution in [2.24, 2.45) is 5.41 Å². The molecule has 80 valence electrons. The summed E-state index contributed by atoms with van der Waals surface area (Å²) in [5.41, 5.74) is -0.214. The summed E-state index contributed by atoms with van der Waals surface area (Å²) in [6.07, 6.45) is 1.39. The van der Waals surface area contributed by atoms with Crippen LogP contribution in [0.1, 0.15) is 33.6 Å². The molecule has 2 nitrogen and oxygen atoms in total. The highest BCUT2D eigenvalue weighted by Gasteiger charge is 2.33. The number of ketones is 2. The fourth-order valence-electron chi connectivity index (χ4n) is 1.29. The van der Waals surface area contributed by atoms with E-state index >= 15 is 0 Å². The molecule has 0 radical (unpaired) electrons. The van der Waals surface area contributed by atoms with E-state index in [1.165, 1.54) is 0 Å². The van der Waals surface area contributed by atoms with E-state index in [1.54, 1.807) is 0 Å². The van der Waals surface area contributed by atoms with E-state index in [2.05, 4.69) is 0 Å². The molecule has 1 aliphatic heterocycles. The molecule has 0 bridgehead atoms. The lowest BCUT2D eigenvalue weighted by Gasteiger charge is -2.18. The van der Waals surface area contributed by atoms with Gasteiger partial charge in [0.15, 0.2) is 11.5 Å². The van der Waals surface area contributed by atoms with Gasteiger partial charge in [-0.15, -0.1) is 0 Å². The van der Waals surface area contributed by atoms with Gasteiger partial charge in [0.25, 0.3) is 0 Å². The van der Waals surface area contributed by atoms with Crippen LogP contribution in [0.15, 0.2) is 0 Å². The predicted molar refractivity (Wildman–Crippen MR) is 60.7 cm³/mol. The van der Waals surface area contributed by atoms with Gasteiger partial charge in [-0.05, 0) is 10.9 Å². The zero-order chi connectivity index (χ0) is 10.8. The van der Waals surface area contributed by atoms with Gasteiger partial charge < -0.3 is 0 Å². The van der Waals surface area contributed by atoms with Crippen LogP contribution >= 0.6 is 0 Å². The Morgan fingerprint density at radius 1 is 1.29 bits per heavy atom. The molecule has 0 saturated carbocycles. The van der Waals surface area contributed by atoms with Crippen LogP contribution in [0.4, 0.5) is 0 Å². The van der Waals surface area contributed by atoms with Gasteiger partial charge >= 0.3 is 0 Å². The Morgan fingerprint density at radius 3 is 2.21 bits per heavy atom. The molecule has 0 atom stereocenters. The average Bonchev–Trinajstić information content (AvgIpc) is 2.07. The first kappa shape index (κ1) is 11.8. The van der Waals surface area contributed by atoms with Crippen LogP contribution in [0.3, 0.4) is 0 Å². The van der Waals surface area contributed by atoms with Crippen molar-refractivity contribution in [3.63, 3.8) is 0 Å². The summed E-state index contributed by atoms with van der Waals surface area (Å²) in [5, 5.41) is 0. The van der Waals surface area contributed by atoms with Gasteiger partial charge in [0, 0.05) is 5.41 Å². The summed E-state index contributed by atoms with van der Waals surface area (Å²) in [7, 11) is 0.188. The van der Waals surface area contributed by atoms with Gasteiger partial charge in [0.1, 0.15) is 17.3 Å². The molecule has 0 N–H and O–H groups in total. The Hall–Kier alpha value is -0.310. The summed E-state index contributed by atoms with van der Waals surface area (Å²) < 4.78 is 0. The van der Waals surface area contributed by atoms with Crippen molar-refractivity contribution in [1.29, 1.82) is 0 Å². The molecular formula is C11H19O2S+. The second-order valence-electron chi connectivity index (χ2n) is 4.88. The lowest BCUT2D eigenvalue weighted by molar-refractivity contribution is -0.123. The number of carbonyl (C=O) groups excluding carboxylic acids is 2. The second kappa shape index (κ2) is 4.47. The summed E-state index contributed by atoms with van der Waals surface area (Å²) in [6, 6.07) is 0. The monoisotopic (exact) mass is 215 g/mol. The summed E-state index contributed by atoms with van der Waals surface area (Å²) in [4.78, 5) is 22.7. The van der Waals surface area contributed by atoms with Crippen LogP contribution in [0.2, 0.25) is 0 Å². The Balaban J connectivity index is 2.38. The van der Waals surface area contributed by atoms with Crippen LogP contribution in [-0.4, -0.2) is 28.8 Å². The third-order valence-corrected chi connectivity index (χ3v) is 4.74. The maximum atomic E-state index is 11.7. The van der Waals surface area contributed by atoms with Crippen LogP contribution in [-0.2, 0) is 20.5 Å². The van der Waals surface area contributed by atoms with Gasteiger partial charge in [-0.1, -0.05) is 20.8 Å². The molecule has 14 heavy (non-hydrogen) atoms. The molecule has 0 aliphatic carbocycles. The van der Waals surface area contributed by atoms with Gasteiger partial charge in [-0.25, -0.2) is 0 Å². The highest BCUT2D eigenvalue weighted by molar-refractivity contribution is 7.97. The molecule has 1 rings (SSSR count). The van der Waals surface area contributed by atoms with Gasteiger partial charge in [-0.3, -0.25) is 9.59 Å². The Labute approximate surface area is 88.8 Å². The predicted octanol–water partition coefficient (Wildman–Crippen LogP) is 1.58. The minimum absolute atomic E-state index is 0.188. The molecule has 0 spiro atoms. The third kappa shape index (κ3) is 3.45. The first-order valence-corrected chi connectivity index (χ1v) is 6.82. The average molecular weight is 215 g/mol. The minimum Gasteiger partial charge on any atom is -0.299 e. The minimum atomic E-state index is -0.214. The first-order chi connectivity index (χ1) is 6.39. The number of hydrogen-bond acceptors (Lipinski definition) is 2. The highest BCUT2D eigenvalue weighted by atomic mass is 32.2. The topological polar surface area (TPSA) is 34.1 Å². The van der Waals surface area contributed by atoms with Crippen molar-refractivity contribution in [3.8, 4) is 0 Å². The third-order valence-electron chi connectivity index (χ3n) is 2.51. The fraction of sp³-hybridized carbons (Fsp3) is 0.818. The van der Waals surface area contributed by atoms with Crippen LogP contribution in [0.5, 0.6) is 0 Å². The quantitative estimate of drug-likeness (QED) is 0.655. The molecular weight excluding hydrogens is 196 g/mol. The van der Waals surface area contributed by atoms with E-state index in [0.717, 1.165) is 11.5 Å². The zero-order valence-electron chi connectivity index (χ0n) is 9.26. The standard InChI is InChI=1S/C11H19O2S/c1-11(2,3)10(13)8-14-6-4-9(12)5-7-14/h4-8H2,1-3H3/q+1. The molecule has 1 saturated heterocycles. The summed E-state index contributed by atoms with van der Waals surface area (Å²) in [5.74, 6) is 3.30. The van der Waals surface area contributed by atoms with Gasteiger partial charge in [0.2, 0.25) is 0 Å². The Morgan fingerprint density at radius 2 is 1.79 bits per heavy atom. The van der Waals surface area contributed by atoms with Gasteiger partial charge in [0.05, 0.1) is 12.8 Å². The summed E-state index contributed by atoms with van der Waals surface area (Å²) in [6.45, 7) is 5.90. The van der Waals surface area contributed by atoms with Gasteiger partial charge in [-0.2, -0.15) is 0 Å². The molecule has 0 aromatic rings. The van der Waals surface area contributed by atoms with Crippen LogP contribution < -0.4 is 0 Å². The Kier molecular flexibility index (Phi) is 3.76. The normalized spacial score (nSPS) is 19.8. The van der Waals surface area contributed by atoms with Crippen LogP contribution in [0.25, 0.3) is 0 Å². The maximum Gasteiger partial charge on any atom is 0.187 e. The van der Waals surface area contributed by atoms with E-state index in [0.29, 0.717) is 30.2 Å². The molecule has 1 aliphatic rings. The molecule has 0 aromatic carbocycles. The fourth-order valence-corrected chi connectivity index (χ4v) is 3.62. The molecule has 1 fully saturated rings. The molecule has 0 amide bonds. The number of rotatable bonds is 2. The van der Waals surface area contributed by atoms with E-state index in [9.17, 15) is 9.59 Å². The SMILES string of the molecule is CC(C)(C)C(=O)C[S+]1CCC(=O)CC1. The number of Topliss-reactive ketones (excluding diaryl/α,β-unsaturated/α-hetero) is 2. The smallest absolute Gasteiger partial charge is 0.187 e. The zero-order valence-corrected chi connectivity index (χ0v) is 10.1. The second-order valence-corrected chi connectivity index (χ2v) is 7.21. The lowest BCUT2D eigenvalue weighted by atomic mass is 9.92. The van der Waals surface area contributed by atoms with Crippen molar-refractivity contribution < 1.29 is 9.59 Å². The van der Waals surface area contributed by atoms with E-state index in [1.807, 2.05) is 20.8 Å². The molecule has 0 aromatic heterocycles. The molecule has 0 unspecified atom stereocenters. The number of hydrogen-bond donors (Lipinski definition) is 0. The van der Waals surface area contributed by atoms with E-state index in [4.69, 9.17) is 0 Å². The van der Waals surface area contributed by atoms with Crippen molar-refractivity contribution in [3.05, 3.63) is 0 Å². The number of carbonyl (C=O) groups is 2. The van der Waals surface area contributed by atoms with Crippen molar-refractivity contribution in [2.45, 2.75) is 33.6 Å². The largest absolute Gasteiger partial charge is 0.299 e. The molecule has 3 heteroatoms. The first-order valence-electron chi connectivity index (χ1n) is 5.08. The van der Waals surface area contributed by atoms with Crippen molar-refractivity contribution in [2.75, 3.05) is 17.3 Å². The van der Waals surface area contributed by atoms with E-state index < -0.39 is 0 Å². The van der Waals surface area contributed by atoms with Crippen molar-refractivity contribution in [1.82, 2.24) is 0 Å². The lowest BCUT2D eigenvalue weighted by Crippen LogP contribution is -2.34. The molecule has 1 heterocycles. The van der Waals surface area contributed by atoms with Crippen molar-refractivity contribution >= 4 is 22.5 Å². The van der Waals surface area contributed by atoms with E-state index in [-0.39, 0.29) is 16.3 Å². The Bertz CT molecular complexity index is 230. The summed E-state index contributed by atoms with van der Waals surface area (Å²) >= 11 is 0. The maximum absolute atomic E-state index is 11.7.